The summed E-state index contributed by atoms with van der Waals surface area (Å²) >= 11 is 2.99. The summed E-state index contributed by atoms with van der Waals surface area (Å²) in [6.07, 6.45) is 0. The zero-order chi connectivity index (χ0) is 17.4. The number of thioether (sulfide) groups is 1. The smallest absolute Gasteiger partial charge is 0.234 e. The van der Waals surface area contributed by atoms with E-state index in [9.17, 15) is 4.79 Å². The molecule has 0 aliphatic carbocycles. The molecule has 2 aromatic carbocycles. The fraction of sp³-hybridized carbons (Fsp3) is 0.167. The van der Waals surface area contributed by atoms with Crippen molar-refractivity contribution in [1.29, 1.82) is 0 Å². The number of carbonyl (C=O) groups excluding carboxylic acids is 1. The van der Waals surface area contributed by atoms with Crippen molar-refractivity contribution in [3.63, 3.8) is 0 Å². The van der Waals surface area contributed by atoms with E-state index in [0.717, 1.165) is 37.1 Å². The zero-order valence-corrected chi connectivity index (χ0v) is 15.4. The second-order valence-electron chi connectivity index (χ2n) is 5.88. The van der Waals surface area contributed by atoms with Gasteiger partial charge in [-0.15, -0.1) is 10.2 Å². The number of amides is 1. The Morgan fingerprint density at radius 2 is 1.92 bits per heavy atom. The van der Waals surface area contributed by atoms with Gasteiger partial charge in [-0.05, 0) is 49.2 Å². The number of fused-ring (bicyclic) bond motifs is 3. The minimum atomic E-state index is -0.0497. The summed E-state index contributed by atoms with van der Waals surface area (Å²) in [5.41, 5.74) is 4.17. The van der Waals surface area contributed by atoms with Crippen molar-refractivity contribution >= 4 is 49.9 Å². The molecule has 0 saturated carbocycles. The quantitative estimate of drug-likeness (QED) is 0.546. The van der Waals surface area contributed by atoms with Crippen LogP contribution in [0.3, 0.4) is 0 Å². The van der Waals surface area contributed by atoms with Gasteiger partial charge in [-0.2, -0.15) is 0 Å². The highest BCUT2D eigenvalue weighted by molar-refractivity contribution is 7.99. The lowest BCUT2D eigenvalue weighted by Gasteiger charge is -2.07. The van der Waals surface area contributed by atoms with Crippen LogP contribution in [-0.2, 0) is 4.79 Å². The molecular weight excluding hydrogens is 352 g/mol. The van der Waals surface area contributed by atoms with Crippen molar-refractivity contribution < 1.29 is 4.79 Å². The highest BCUT2D eigenvalue weighted by Crippen LogP contribution is 2.29. The molecule has 126 valence electrons. The Hall–Kier alpha value is -2.38. The molecule has 1 amide bonds. The molecule has 0 saturated heterocycles. The SMILES string of the molecule is Cc1cc(C)cc(NC(=O)CSc2nnc3sc4ccccc4n23)c1. The summed E-state index contributed by atoms with van der Waals surface area (Å²) in [7, 11) is 0. The van der Waals surface area contributed by atoms with Gasteiger partial charge in [-0.3, -0.25) is 9.20 Å². The van der Waals surface area contributed by atoms with E-state index in [1.165, 1.54) is 11.8 Å². The molecule has 0 bridgehead atoms. The first kappa shape index (κ1) is 16.1. The maximum atomic E-state index is 12.3. The Kier molecular flexibility index (Phi) is 4.19. The number of anilines is 1. The van der Waals surface area contributed by atoms with Gasteiger partial charge in [-0.25, -0.2) is 0 Å². The number of aryl methyl sites for hydroxylation is 2. The minimum Gasteiger partial charge on any atom is -0.325 e. The Bertz CT molecular complexity index is 1060. The number of benzene rings is 2. The lowest BCUT2D eigenvalue weighted by Crippen LogP contribution is -2.14. The van der Waals surface area contributed by atoms with Crippen LogP contribution in [0.15, 0.2) is 47.6 Å². The molecule has 5 nitrogen and oxygen atoms in total. The largest absolute Gasteiger partial charge is 0.325 e. The van der Waals surface area contributed by atoms with Crippen LogP contribution in [0, 0.1) is 13.8 Å². The number of nitrogens with one attached hydrogen (secondary N) is 1. The Balaban J connectivity index is 1.51. The lowest BCUT2D eigenvalue weighted by atomic mass is 10.1. The predicted molar refractivity (Wildman–Crippen MR) is 104 cm³/mol. The molecule has 0 unspecified atom stereocenters. The number of carbonyl (C=O) groups is 1. The van der Waals surface area contributed by atoms with E-state index in [1.54, 1.807) is 11.3 Å². The molecule has 2 aromatic heterocycles. The van der Waals surface area contributed by atoms with Crippen molar-refractivity contribution in [1.82, 2.24) is 14.6 Å². The van der Waals surface area contributed by atoms with Crippen molar-refractivity contribution in [2.24, 2.45) is 0 Å². The van der Waals surface area contributed by atoms with Gasteiger partial charge >= 0.3 is 0 Å². The normalized spacial score (nSPS) is 11.3. The van der Waals surface area contributed by atoms with E-state index in [0.29, 0.717) is 0 Å². The van der Waals surface area contributed by atoms with Crippen molar-refractivity contribution in [2.45, 2.75) is 19.0 Å². The van der Waals surface area contributed by atoms with Gasteiger partial charge in [0.15, 0.2) is 5.16 Å². The first-order chi connectivity index (χ1) is 12.1. The summed E-state index contributed by atoms with van der Waals surface area (Å²) in [6, 6.07) is 14.1. The second-order valence-corrected chi connectivity index (χ2v) is 7.84. The molecule has 4 rings (SSSR count). The third kappa shape index (κ3) is 3.25. The van der Waals surface area contributed by atoms with Crippen LogP contribution in [0.5, 0.6) is 0 Å². The number of thiazole rings is 1. The van der Waals surface area contributed by atoms with Gasteiger partial charge in [0.2, 0.25) is 10.9 Å². The van der Waals surface area contributed by atoms with Crippen LogP contribution in [0.4, 0.5) is 5.69 Å². The number of hydrogen-bond donors (Lipinski definition) is 1. The maximum Gasteiger partial charge on any atom is 0.234 e. The monoisotopic (exact) mass is 368 g/mol. The van der Waals surface area contributed by atoms with Crippen LogP contribution in [0.2, 0.25) is 0 Å². The number of para-hydroxylation sites is 1. The molecule has 2 heterocycles. The average Bonchev–Trinajstić information content (AvgIpc) is 3.11. The van der Waals surface area contributed by atoms with E-state index in [-0.39, 0.29) is 11.7 Å². The van der Waals surface area contributed by atoms with Crippen molar-refractivity contribution in [3.8, 4) is 0 Å². The Labute approximate surface area is 153 Å². The minimum absolute atomic E-state index is 0.0497. The molecule has 1 N–H and O–H groups in total. The fourth-order valence-corrected chi connectivity index (χ4v) is 4.59. The fourth-order valence-electron chi connectivity index (χ4n) is 2.82. The highest BCUT2D eigenvalue weighted by Gasteiger charge is 2.14. The highest BCUT2D eigenvalue weighted by atomic mass is 32.2. The molecule has 0 atom stereocenters. The Morgan fingerprint density at radius 3 is 2.72 bits per heavy atom. The van der Waals surface area contributed by atoms with Gasteiger partial charge in [0.05, 0.1) is 16.0 Å². The molecule has 0 aliphatic rings. The van der Waals surface area contributed by atoms with E-state index in [1.807, 2.05) is 48.6 Å². The maximum absolute atomic E-state index is 12.3. The number of aromatic nitrogens is 3. The third-order valence-electron chi connectivity index (χ3n) is 3.75. The van der Waals surface area contributed by atoms with Crippen LogP contribution < -0.4 is 5.32 Å². The first-order valence-electron chi connectivity index (χ1n) is 7.84. The van der Waals surface area contributed by atoms with Gasteiger partial charge < -0.3 is 5.32 Å². The molecule has 25 heavy (non-hydrogen) atoms. The van der Waals surface area contributed by atoms with Crippen LogP contribution in [-0.4, -0.2) is 26.3 Å². The number of hydrogen-bond acceptors (Lipinski definition) is 5. The van der Waals surface area contributed by atoms with E-state index in [4.69, 9.17) is 0 Å². The molecule has 0 aliphatic heterocycles. The molecule has 0 fully saturated rings. The summed E-state index contributed by atoms with van der Waals surface area (Å²) in [6.45, 7) is 4.04. The lowest BCUT2D eigenvalue weighted by molar-refractivity contribution is -0.113. The average molecular weight is 368 g/mol. The molecule has 0 radical (unpaired) electrons. The summed E-state index contributed by atoms with van der Waals surface area (Å²) in [4.78, 5) is 13.1. The van der Waals surface area contributed by atoms with Gasteiger partial charge in [0, 0.05) is 5.69 Å². The Morgan fingerprint density at radius 1 is 1.16 bits per heavy atom. The molecule has 0 spiro atoms. The molecular formula is C18H16N4OS2. The number of nitrogens with zero attached hydrogens (tertiary/aromatic N) is 3. The van der Waals surface area contributed by atoms with Gasteiger partial charge in [-0.1, -0.05) is 41.3 Å². The van der Waals surface area contributed by atoms with E-state index < -0.39 is 0 Å². The first-order valence-corrected chi connectivity index (χ1v) is 9.64. The predicted octanol–water partition coefficient (Wildman–Crippen LogP) is 4.29. The number of rotatable bonds is 4. The van der Waals surface area contributed by atoms with Crippen molar-refractivity contribution in [2.75, 3.05) is 11.1 Å². The van der Waals surface area contributed by atoms with Crippen LogP contribution >= 0.6 is 23.1 Å². The standard InChI is InChI=1S/C18H16N4OS2/c1-11-7-12(2)9-13(8-11)19-16(23)10-24-17-20-21-18-22(17)14-5-3-4-6-15(14)25-18/h3-9H,10H2,1-2H3,(H,19,23). The van der Waals surface area contributed by atoms with Gasteiger partial charge in [0.25, 0.3) is 0 Å². The summed E-state index contributed by atoms with van der Waals surface area (Å²) in [5, 5.41) is 12.1. The van der Waals surface area contributed by atoms with Crippen LogP contribution in [0.25, 0.3) is 15.2 Å². The topological polar surface area (TPSA) is 59.3 Å². The van der Waals surface area contributed by atoms with E-state index >= 15 is 0 Å². The molecule has 7 heteroatoms. The van der Waals surface area contributed by atoms with E-state index in [2.05, 4.69) is 27.6 Å². The zero-order valence-electron chi connectivity index (χ0n) is 13.8. The second kappa shape index (κ2) is 6.50. The van der Waals surface area contributed by atoms with Gasteiger partial charge in [0.1, 0.15) is 0 Å². The van der Waals surface area contributed by atoms with Crippen molar-refractivity contribution in [3.05, 3.63) is 53.6 Å². The third-order valence-corrected chi connectivity index (χ3v) is 5.69. The summed E-state index contributed by atoms with van der Waals surface area (Å²) < 4.78 is 3.17. The van der Waals surface area contributed by atoms with Crippen LogP contribution in [0.1, 0.15) is 11.1 Å². The molecule has 4 aromatic rings. The summed E-state index contributed by atoms with van der Waals surface area (Å²) in [5.74, 6) is 0.240.